The average molecular weight is 411 g/mol. The molecule has 2 fully saturated rings. The van der Waals surface area contributed by atoms with Crippen molar-refractivity contribution < 1.29 is 9.53 Å². The Morgan fingerprint density at radius 2 is 1.70 bits per heavy atom. The molecule has 0 bridgehead atoms. The third kappa shape index (κ3) is 5.67. The molecule has 3 heterocycles. The molecule has 8 heteroatoms. The highest BCUT2D eigenvalue weighted by Crippen LogP contribution is 2.21. The minimum absolute atomic E-state index is 0.00315. The zero-order valence-corrected chi connectivity index (χ0v) is 17.5. The van der Waals surface area contributed by atoms with E-state index in [1.807, 2.05) is 30.3 Å². The molecule has 2 aromatic rings. The molecule has 0 unspecified atom stereocenters. The molecule has 1 amide bonds. The smallest absolute Gasteiger partial charge is 0.238 e. The molecule has 0 aliphatic carbocycles. The third-order valence-electron chi connectivity index (χ3n) is 5.68. The maximum absolute atomic E-state index is 12.4. The molecule has 0 radical (unpaired) electrons. The predicted octanol–water partition coefficient (Wildman–Crippen LogP) is 1.71. The van der Waals surface area contributed by atoms with Crippen LogP contribution in [0.4, 0.5) is 11.6 Å². The fourth-order valence-corrected chi connectivity index (χ4v) is 3.88. The van der Waals surface area contributed by atoms with Gasteiger partial charge in [-0.25, -0.2) is 9.97 Å². The van der Waals surface area contributed by atoms with E-state index < -0.39 is 0 Å². The third-order valence-corrected chi connectivity index (χ3v) is 5.68. The molecule has 0 atom stereocenters. The zero-order valence-electron chi connectivity index (χ0n) is 17.5. The van der Waals surface area contributed by atoms with E-state index in [0.717, 1.165) is 69.5 Å². The van der Waals surface area contributed by atoms with Crippen molar-refractivity contribution in [3.05, 3.63) is 42.7 Å². The number of nitrogens with one attached hydrogen (secondary N) is 1. The number of amides is 1. The van der Waals surface area contributed by atoms with Gasteiger partial charge in [0.15, 0.2) is 0 Å². The lowest BCUT2D eigenvalue weighted by Crippen LogP contribution is -2.49. The van der Waals surface area contributed by atoms with E-state index in [-0.39, 0.29) is 12.0 Å². The summed E-state index contributed by atoms with van der Waals surface area (Å²) in [7, 11) is 2.14. The number of aromatic nitrogens is 2. The van der Waals surface area contributed by atoms with E-state index in [2.05, 4.69) is 37.0 Å². The number of anilines is 2. The van der Waals surface area contributed by atoms with Crippen LogP contribution in [-0.4, -0.2) is 84.6 Å². The van der Waals surface area contributed by atoms with Gasteiger partial charge in [0, 0.05) is 57.3 Å². The normalized spacial score (nSPS) is 18.9. The molecular weight excluding hydrogens is 380 g/mol. The first-order chi connectivity index (χ1) is 14.7. The van der Waals surface area contributed by atoms with Crippen molar-refractivity contribution in [2.75, 3.05) is 63.1 Å². The number of likely N-dealkylation sites (tertiary alicyclic amines) is 1. The molecule has 4 rings (SSSR count). The molecule has 0 saturated carbocycles. The quantitative estimate of drug-likeness (QED) is 0.777. The lowest BCUT2D eigenvalue weighted by atomic mass is 10.1. The highest BCUT2D eigenvalue weighted by atomic mass is 16.5. The number of piperazine rings is 1. The fraction of sp³-hybridized carbons (Fsp3) is 0.500. The molecule has 1 aromatic heterocycles. The highest BCUT2D eigenvalue weighted by molar-refractivity contribution is 5.92. The number of hydrogen-bond acceptors (Lipinski definition) is 7. The standard InChI is InChI=1S/C22H30N6O2/c1-26-11-7-20(8-12-26)30-19-5-3-18(4-6-19)25-21(29)17-27-13-15-28(16-14-27)22-23-9-2-10-24-22/h2-6,9-10,20H,7-8,11-17H2,1H3,(H,25,29). The minimum Gasteiger partial charge on any atom is -0.490 e. The summed E-state index contributed by atoms with van der Waals surface area (Å²) < 4.78 is 6.07. The van der Waals surface area contributed by atoms with Gasteiger partial charge in [-0.1, -0.05) is 0 Å². The van der Waals surface area contributed by atoms with Gasteiger partial charge >= 0.3 is 0 Å². The van der Waals surface area contributed by atoms with Crippen LogP contribution >= 0.6 is 0 Å². The van der Waals surface area contributed by atoms with Crippen molar-refractivity contribution >= 4 is 17.5 Å². The summed E-state index contributed by atoms with van der Waals surface area (Å²) in [6.07, 6.45) is 5.90. The molecule has 2 aliphatic heterocycles. The fourth-order valence-electron chi connectivity index (χ4n) is 3.88. The van der Waals surface area contributed by atoms with Gasteiger partial charge in [0.2, 0.25) is 11.9 Å². The second-order valence-corrected chi connectivity index (χ2v) is 8.01. The molecule has 30 heavy (non-hydrogen) atoms. The minimum atomic E-state index is 0.00315. The molecule has 0 spiro atoms. The van der Waals surface area contributed by atoms with E-state index >= 15 is 0 Å². The van der Waals surface area contributed by atoms with Crippen LogP contribution in [0.25, 0.3) is 0 Å². The van der Waals surface area contributed by atoms with E-state index in [4.69, 9.17) is 4.74 Å². The maximum Gasteiger partial charge on any atom is 0.238 e. The predicted molar refractivity (Wildman–Crippen MR) is 117 cm³/mol. The van der Waals surface area contributed by atoms with Crippen LogP contribution in [0, 0.1) is 0 Å². The summed E-state index contributed by atoms with van der Waals surface area (Å²) in [6.45, 7) is 5.80. The largest absolute Gasteiger partial charge is 0.490 e. The van der Waals surface area contributed by atoms with Crippen molar-refractivity contribution in [3.8, 4) is 5.75 Å². The second kappa shape index (κ2) is 9.86. The van der Waals surface area contributed by atoms with Crippen LogP contribution in [0.1, 0.15) is 12.8 Å². The van der Waals surface area contributed by atoms with Gasteiger partial charge in [0.05, 0.1) is 6.54 Å². The van der Waals surface area contributed by atoms with Crippen LogP contribution < -0.4 is 15.0 Å². The lowest BCUT2D eigenvalue weighted by molar-refractivity contribution is -0.117. The first kappa shape index (κ1) is 20.6. The highest BCUT2D eigenvalue weighted by Gasteiger charge is 2.21. The van der Waals surface area contributed by atoms with Crippen LogP contribution in [-0.2, 0) is 4.79 Å². The topological polar surface area (TPSA) is 73.8 Å². The van der Waals surface area contributed by atoms with Gasteiger partial charge in [-0.3, -0.25) is 9.69 Å². The number of piperidine rings is 1. The molecule has 2 saturated heterocycles. The Kier molecular flexibility index (Phi) is 6.76. The monoisotopic (exact) mass is 410 g/mol. The summed E-state index contributed by atoms with van der Waals surface area (Å²) in [5.41, 5.74) is 0.798. The molecule has 2 aliphatic rings. The summed E-state index contributed by atoms with van der Waals surface area (Å²) >= 11 is 0. The summed E-state index contributed by atoms with van der Waals surface area (Å²) in [4.78, 5) is 27.7. The van der Waals surface area contributed by atoms with Crippen molar-refractivity contribution in [2.45, 2.75) is 18.9 Å². The molecular formula is C22H30N6O2. The Labute approximate surface area is 177 Å². The van der Waals surface area contributed by atoms with E-state index in [9.17, 15) is 4.79 Å². The second-order valence-electron chi connectivity index (χ2n) is 8.01. The van der Waals surface area contributed by atoms with Crippen LogP contribution in [0.5, 0.6) is 5.75 Å². The van der Waals surface area contributed by atoms with Crippen molar-refractivity contribution in [3.63, 3.8) is 0 Å². The Balaban J connectivity index is 1.20. The first-order valence-electron chi connectivity index (χ1n) is 10.7. The number of nitrogens with zero attached hydrogens (tertiary/aromatic N) is 5. The van der Waals surface area contributed by atoms with Gasteiger partial charge in [0.25, 0.3) is 0 Å². The Bertz CT molecular complexity index is 800. The Morgan fingerprint density at radius 3 is 2.37 bits per heavy atom. The van der Waals surface area contributed by atoms with Crippen LogP contribution in [0.2, 0.25) is 0 Å². The van der Waals surface area contributed by atoms with Gasteiger partial charge in [-0.15, -0.1) is 0 Å². The van der Waals surface area contributed by atoms with E-state index in [1.54, 1.807) is 12.4 Å². The summed E-state index contributed by atoms with van der Waals surface area (Å²) in [5.74, 6) is 1.62. The van der Waals surface area contributed by atoms with E-state index in [1.165, 1.54) is 0 Å². The summed E-state index contributed by atoms with van der Waals surface area (Å²) in [5, 5.41) is 2.99. The van der Waals surface area contributed by atoms with Crippen molar-refractivity contribution in [1.29, 1.82) is 0 Å². The van der Waals surface area contributed by atoms with Crippen LogP contribution in [0.15, 0.2) is 42.7 Å². The van der Waals surface area contributed by atoms with Gasteiger partial charge in [-0.2, -0.15) is 0 Å². The van der Waals surface area contributed by atoms with Gasteiger partial charge in [0.1, 0.15) is 11.9 Å². The number of hydrogen-bond donors (Lipinski definition) is 1. The van der Waals surface area contributed by atoms with Gasteiger partial charge in [-0.05, 0) is 50.2 Å². The van der Waals surface area contributed by atoms with Gasteiger partial charge < -0.3 is 19.9 Å². The number of ether oxygens (including phenoxy) is 1. The molecule has 1 aromatic carbocycles. The Morgan fingerprint density at radius 1 is 1.03 bits per heavy atom. The zero-order chi connectivity index (χ0) is 20.8. The summed E-state index contributed by atoms with van der Waals surface area (Å²) in [6, 6.07) is 9.51. The maximum atomic E-state index is 12.4. The van der Waals surface area contributed by atoms with Crippen LogP contribution in [0.3, 0.4) is 0 Å². The first-order valence-corrected chi connectivity index (χ1v) is 10.7. The molecule has 160 valence electrons. The number of carbonyl (C=O) groups excluding carboxylic acids is 1. The van der Waals surface area contributed by atoms with Crippen molar-refractivity contribution in [2.24, 2.45) is 0 Å². The SMILES string of the molecule is CN1CCC(Oc2ccc(NC(=O)CN3CCN(c4ncccn4)CC3)cc2)CC1. The average Bonchev–Trinajstić information content (AvgIpc) is 2.78. The Hall–Kier alpha value is -2.71. The number of rotatable bonds is 6. The lowest BCUT2D eigenvalue weighted by Gasteiger charge is -2.34. The number of benzene rings is 1. The molecule has 8 nitrogen and oxygen atoms in total. The van der Waals surface area contributed by atoms with Crippen molar-refractivity contribution in [1.82, 2.24) is 19.8 Å². The van der Waals surface area contributed by atoms with E-state index in [0.29, 0.717) is 6.54 Å². The number of carbonyl (C=O) groups is 1. The molecule has 1 N–H and O–H groups in total.